The first-order valence-corrected chi connectivity index (χ1v) is 11.5. The minimum Gasteiger partial charge on any atom is -0.454 e. The number of benzene rings is 3. The van der Waals surface area contributed by atoms with Crippen molar-refractivity contribution in [2.24, 2.45) is 0 Å². The molecule has 0 atom stereocenters. The molecule has 0 bridgehead atoms. The minimum atomic E-state index is -3.87. The van der Waals surface area contributed by atoms with Gasteiger partial charge in [-0.25, -0.2) is 12.8 Å². The lowest BCUT2D eigenvalue weighted by molar-refractivity contribution is 0.102. The Morgan fingerprint density at radius 2 is 1.75 bits per heavy atom. The van der Waals surface area contributed by atoms with Crippen LogP contribution in [0, 0.1) is 5.82 Å². The van der Waals surface area contributed by atoms with Crippen molar-refractivity contribution >= 4 is 27.3 Å². The van der Waals surface area contributed by atoms with Crippen LogP contribution in [0.25, 0.3) is 0 Å². The maximum absolute atomic E-state index is 13.3. The van der Waals surface area contributed by atoms with Crippen molar-refractivity contribution in [3.63, 3.8) is 0 Å². The number of aryl methyl sites for hydroxylation is 1. The quantitative estimate of drug-likeness (QED) is 0.645. The number of carbonyl (C=O) groups is 1. The number of amides is 1. The van der Waals surface area contributed by atoms with Gasteiger partial charge in [-0.2, -0.15) is 0 Å². The molecule has 3 aromatic carbocycles. The second-order valence-corrected chi connectivity index (χ2v) is 9.36. The number of carbonyl (C=O) groups excluding carboxylic acids is 1. The zero-order valence-electron chi connectivity index (χ0n) is 16.9. The molecule has 2 aliphatic heterocycles. The molecular weight excluding hydrogens is 435 g/mol. The number of hydrogen-bond donors (Lipinski definition) is 1. The maximum atomic E-state index is 13.3. The summed E-state index contributed by atoms with van der Waals surface area (Å²) in [6.07, 6.45) is 1.39. The highest BCUT2D eigenvalue weighted by Gasteiger charge is 2.29. The van der Waals surface area contributed by atoms with Gasteiger partial charge < -0.3 is 14.8 Å². The molecule has 9 heteroatoms. The van der Waals surface area contributed by atoms with E-state index in [1.165, 1.54) is 16.4 Å². The summed E-state index contributed by atoms with van der Waals surface area (Å²) >= 11 is 0. The number of anilines is 2. The number of sulfonamides is 1. The summed E-state index contributed by atoms with van der Waals surface area (Å²) in [4.78, 5) is 12.8. The Kier molecular flexibility index (Phi) is 4.97. The number of rotatable bonds is 4. The van der Waals surface area contributed by atoms with Crippen molar-refractivity contribution in [1.29, 1.82) is 0 Å². The number of nitrogens with zero attached hydrogens (tertiary/aromatic N) is 1. The average molecular weight is 454 g/mol. The van der Waals surface area contributed by atoms with Crippen molar-refractivity contribution in [1.82, 2.24) is 0 Å². The van der Waals surface area contributed by atoms with Crippen molar-refractivity contribution < 1.29 is 27.1 Å². The molecule has 3 aromatic rings. The third kappa shape index (κ3) is 3.64. The number of nitrogens with one attached hydrogen (secondary N) is 1. The molecule has 0 saturated heterocycles. The molecule has 2 aliphatic rings. The Morgan fingerprint density at radius 3 is 2.56 bits per heavy atom. The van der Waals surface area contributed by atoms with E-state index < -0.39 is 15.8 Å². The lowest BCUT2D eigenvalue weighted by atomic mass is 10.0. The summed E-state index contributed by atoms with van der Waals surface area (Å²) in [6, 6.07) is 14.9. The molecular formula is C23H19FN2O5S. The van der Waals surface area contributed by atoms with Crippen LogP contribution in [0.2, 0.25) is 0 Å². The fourth-order valence-corrected chi connectivity index (χ4v) is 5.38. The van der Waals surface area contributed by atoms with Gasteiger partial charge >= 0.3 is 0 Å². The summed E-state index contributed by atoms with van der Waals surface area (Å²) in [6.45, 7) is 0.413. The minimum absolute atomic E-state index is 0.0153. The monoisotopic (exact) mass is 454 g/mol. The number of halogens is 1. The van der Waals surface area contributed by atoms with Gasteiger partial charge in [0.15, 0.2) is 11.5 Å². The lowest BCUT2D eigenvalue weighted by Crippen LogP contribution is -2.35. The van der Waals surface area contributed by atoms with Gasteiger partial charge in [0.2, 0.25) is 6.79 Å². The smallest absolute Gasteiger partial charge is 0.264 e. The van der Waals surface area contributed by atoms with Gasteiger partial charge in [-0.3, -0.25) is 9.10 Å². The Bertz CT molecular complexity index is 1310. The van der Waals surface area contributed by atoms with Crippen LogP contribution in [0.15, 0.2) is 65.6 Å². The van der Waals surface area contributed by atoms with Crippen LogP contribution in [0.4, 0.5) is 15.8 Å². The van der Waals surface area contributed by atoms with Gasteiger partial charge in [0.05, 0.1) is 10.6 Å². The molecule has 7 nitrogen and oxygen atoms in total. The second-order valence-electron chi connectivity index (χ2n) is 7.50. The first-order chi connectivity index (χ1) is 15.4. The van der Waals surface area contributed by atoms with Gasteiger partial charge in [0.25, 0.3) is 15.9 Å². The van der Waals surface area contributed by atoms with Crippen LogP contribution >= 0.6 is 0 Å². The van der Waals surface area contributed by atoms with E-state index in [1.807, 2.05) is 6.07 Å². The molecule has 0 saturated carbocycles. The van der Waals surface area contributed by atoms with Crippen molar-refractivity contribution in [2.75, 3.05) is 23.0 Å². The van der Waals surface area contributed by atoms with Crippen LogP contribution in [-0.2, 0) is 16.4 Å². The van der Waals surface area contributed by atoms with Crippen LogP contribution < -0.4 is 19.1 Å². The Labute approximate surface area is 184 Å². The van der Waals surface area contributed by atoms with Gasteiger partial charge in [0, 0.05) is 17.8 Å². The Morgan fingerprint density at radius 1 is 0.969 bits per heavy atom. The molecule has 1 N–H and O–H groups in total. The summed E-state index contributed by atoms with van der Waals surface area (Å²) in [5.74, 6) is 0.222. The third-order valence-corrected chi connectivity index (χ3v) is 7.28. The molecule has 0 aliphatic carbocycles. The molecule has 0 radical (unpaired) electrons. The lowest BCUT2D eigenvalue weighted by Gasteiger charge is -2.31. The van der Waals surface area contributed by atoms with E-state index in [4.69, 9.17) is 9.47 Å². The summed E-state index contributed by atoms with van der Waals surface area (Å²) < 4.78 is 51.6. The Hall–Kier alpha value is -3.59. The second kappa shape index (κ2) is 7.83. The van der Waals surface area contributed by atoms with Crippen LogP contribution in [0.3, 0.4) is 0 Å². The predicted molar refractivity (Wildman–Crippen MR) is 116 cm³/mol. The summed E-state index contributed by atoms with van der Waals surface area (Å²) in [5.41, 5.74) is 2.22. The highest BCUT2D eigenvalue weighted by atomic mass is 32.2. The topological polar surface area (TPSA) is 84.9 Å². The summed E-state index contributed by atoms with van der Waals surface area (Å²) in [7, 11) is -3.87. The zero-order chi connectivity index (χ0) is 22.3. The van der Waals surface area contributed by atoms with Gasteiger partial charge in [-0.05, 0) is 73.0 Å². The van der Waals surface area contributed by atoms with E-state index in [0.29, 0.717) is 41.4 Å². The molecule has 0 fully saturated rings. The van der Waals surface area contributed by atoms with Crippen LogP contribution in [0.5, 0.6) is 11.5 Å². The normalized spacial score (nSPS) is 14.7. The Balaban J connectivity index is 1.44. The highest BCUT2D eigenvalue weighted by Crippen LogP contribution is 2.35. The van der Waals surface area contributed by atoms with Crippen molar-refractivity contribution in [3.8, 4) is 11.5 Å². The molecule has 1 amide bonds. The molecule has 5 rings (SSSR count). The first-order valence-electron chi connectivity index (χ1n) is 10.0. The largest absolute Gasteiger partial charge is 0.454 e. The fraction of sp³-hybridized carbons (Fsp3) is 0.174. The predicted octanol–water partition coefficient (Wildman–Crippen LogP) is 3.95. The van der Waals surface area contributed by atoms with E-state index in [2.05, 4.69) is 5.32 Å². The molecule has 0 spiro atoms. The zero-order valence-corrected chi connectivity index (χ0v) is 17.7. The standard InChI is InChI=1S/C23H19FN2O5S/c24-17-5-8-19(9-6-17)32(28,29)26-11-1-2-15-3-7-18(13-20(15)26)25-23(27)16-4-10-21-22(12-16)31-14-30-21/h3-10,12-13H,1-2,11,14H2,(H,25,27). The highest BCUT2D eigenvalue weighted by molar-refractivity contribution is 7.92. The maximum Gasteiger partial charge on any atom is 0.264 e. The van der Waals surface area contributed by atoms with Crippen molar-refractivity contribution in [3.05, 3.63) is 77.6 Å². The molecule has 0 unspecified atom stereocenters. The van der Waals surface area contributed by atoms with E-state index >= 15 is 0 Å². The number of hydrogen-bond acceptors (Lipinski definition) is 5. The number of ether oxygens (including phenoxy) is 2. The summed E-state index contributed by atoms with van der Waals surface area (Å²) in [5, 5.41) is 2.81. The van der Waals surface area contributed by atoms with E-state index in [9.17, 15) is 17.6 Å². The molecule has 32 heavy (non-hydrogen) atoms. The third-order valence-electron chi connectivity index (χ3n) is 5.46. The molecule has 2 heterocycles. The molecule has 0 aromatic heterocycles. The van der Waals surface area contributed by atoms with E-state index in [-0.39, 0.29) is 17.6 Å². The van der Waals surface area contributed by atoms with Crippen molar-refractivity contribution in [2.45, 2.75) is 17.7 Å². The van der Waals surface area contributed by atoms with Gasteiger partial charge in [-0.15, -0.1) is 0 Å². The van der Waals surface area contributed by atoms with Crippen LogP contribution in [-0.4, -0.2) is 27.7 Å². The van der Waals surface area contributed by atoms with E-state index in [1.54, 1.807) is 30.3 Å². The first kappa shape index (κ1) is 20.3. The average Bonchev–Trinajstić information content (AvgIpc) is 3.27. The fourth-order valence-electron chi connectivity index (χ4n) is 3.84. The van der Waals surface area contributed by atoms with Gasteiger partial charge in [-0.1, -0.05) is 6.07 Å². The van der Waals surface area contributed by atoms with Crippen LogP contribution in [0.1, 0.15) is 22.3 Å². The number of fused-ring (bicyclic) bond motifs is 2. The van der Waals surface area contributed by atoms with E-state index in [0.717, 1.165) is 24.1 Å². The van der Waals surface area contributed by atoms with Gasteiger partial charge in [0.1, 0.15) is 5.82 Å². The SMILES string of the molecule is O=C(Nc1ccc2c(c1)N(S(=O)(=O)c1ccc(F)cc1)CCC2)c1ccc2c(c1)OCO2. The molecule has 164 valence electrons.